The molecule has 0 atom stereocenters. The number of hydrogen-bond donors (Lipinski definition) is 2. The van der Waals surface area contributed by atoms with Crippen molar-refractivity contribution in [3.63, 3.8) is 0 Å². The first-order chi connectivity index (χ1) is 12.1. The third kappa shape index (κ3) is 6.29. The van der Waals surface area contributed by atoms with Crippen molar-refractivity contribution in [3.05, 3.63) is 53.1 Å². The maximum absolute atomic E-state index is 12.0. The lowest BCUT2D eigenvalue weighted by molar-refractivity contribution is -0.116. The van der Waals surface area contributed by atoms with Gasteiger partial charge in [-0.25, -0.2) is 0 Å². The third-order valence-electron chi connectivity index (χ3n) is 3.69. The molecular weight excluding hydrogens is 340 g/mol. The molecule has 1 amide bonds. The van der Waals surface area contributed by atoms with Crippen molar-refractivity contribution in [1.29, 1.82) is 0 Å². The highest BCUT2D eigenvalue weighted by atomic mass is 35.5. The average Bonchev–Trinajstić information content (AvgIpc) is 2.62. The van der Waals surface area contributed by atoms with Crippen LogP contribution in [0.1, 0.15) is 12.0 Å². The molecule has 0 spiro atoms. The second-order valence-electron chi connectivity index (χ2n) is 5.49. The van der Waals surface area contributed by atoms with Crippen LogP contribution in [0, 0.1) is 0 Å². The number of halogens is 1. The van der Waals surface area contributed by atoms with Crippen LogP contribution in [0.5, 0.6) is 11.5 Å². The van der Waals surface area contributed by atoms with Crippen LogP contribution in [-0.2, 0) is 11.2 Å². The summed E-state index contributed by atoms with van der Waals surface area (Å²) in [6.07, 6.45) is 1.24. The summed E-state index contributed by atoms with van der Waals surface area (Å²) in [6, 6.07) is 13.1. The van der Waals surface area contributed by atoms with E-state index in [1.165, 1.54) is 5.56 Å². The zero-order valence-electron chi connectivity index (χ0n) is 14.5. The van der Waals surface area contributed by atoms with Gasteiger partial charge in [-0.05, 0) is 48.9 Å². The molecule has 0 saturated heterocycles. The molecule has 2 aromatic carbocycles. The van der Waals surface area contributed by atoms with Gasteiger partial charge in [0.2, 0.25) is 5.91 Å². The summed E-state index contributed by atoms with van der Waals surface area (Å²) in [5.41, 5.74) is 1.77. The van der Waals surface area contributed by atoms with Crippen LogP contribution in [0.15, 0.2) is 42.5 Å². The minimum absolute atomic E-state index is 0.0885. The summed E-state index contributed by atoms with van der Waals surface area (Å²) in [6.45, 7) is 1.39. The van der Waals surface area contributed by atoms with Crippen LogP contribution in [0.3, 0.4) is 0 Å². The van der Waals surface area contributed by atoms with Gasteiger partial charge in [0.1, 0.15) is 11.5 Å². The zero-order chi connectivity index (χ0) is 18.1. The van der Waals surface area contributed by atoms with E-state index in [-0.39, 0.29) is 5.91 Å². The molecule has 25 heavy (non-hydrogen) atoms. The Bertz CT molecular complexity index is 707. The molecule has 0 radical (unpaired) electrons. The van der Waals surface area contributed by atoms with Crippen LogP contribution in [0.2, 0.25) is 5.02 Å². The van der Waals surface area contributed by atoms with Crippen molar-refractivity contribution in [1.82, 2.24) is 5.32 Å². The molecule has 0 bridgehead atoms. The van der Waals surface area contributed by atoms with Crippen LogP contribution in [0.4, 0.5) is 5.69 Å². The third-order valence-corrected chi connectivity index (χ3v) is 3.92. The largest absolute Gasteiger partial charge is 0.497 e. The fraction of sp³-hybridized carbons (Fsp3) is 0.316. The predicted octanol–water partition coefficient (Wildman–Crippen LogP) is 3.52. The molecule has 0 aromatic heterocycles. The summed E-state index contributed by atoms with van der Waals surface area (Å²) in [5, 5.41) is 6.64. The topological polar surface area (TPSA) is 59.6 Å². The maximum atomic E-state index is 12.0. The number of anilines is 1. The van der Waals surface area contributed by atoms with Crippen LogP contribution >= 0.6 is 11.6 Å². The normalized spacial score (nSPS) is 10.4. The van der Waals surface area contributed by atoms with E-state index in [1.54, 1.807) is 32.4 Å². The van der Waals surface area contributed by atoms with Crippen molar-refractivity contribution < 1.29 is 14.3 Å². The Morgan fingerprint density at radius 2 is 1.92 bits per heavy atom. The molecule has 0 aliphatic heterocycles. The van der Waals surface area contributed by atoms with Gasteiger partial charge in [-0.3, -0.25) is 4.79 Å². The average molecular weight is 363 g/mol. The minimum atomic E-state index is -0.0885. The molecule has 0 saturated carbocycles. The molecule has 134 valence electrons. The predicted molar refractivity (Wildman–Crippen MR) is 101 cm³/mol. The molecule has 2 rings (SSSR count). The lowest BCUT2D eigenvalue weighted by Gasteiger charge is -2.11. The molecule has 2 N–H and O–H groups in total. The van der Waals surface area contributed by atoms with E-state index < -0.39 is 0 Å². The molecular formula is C19H23ClN2O3. The Balaban J connectivity index is 1.71. The van der Waals surface area contributed by atoms with Gasteiger partial charge < -0.3 is 20.1 Å². The number of amides is 1. The second-order valence-corrected chi connectivity index (χ2v) is 5.93. The molecule has 0 aliphatic carbocycles. The minimum Gasteiger partial charge on any atom is -0.497 e. The van der Waals surface area contributed by atoms with Crippen molar-refractivity contribution in [2.75, 3.05) is 32.6 Å². The summed E-state index contributed by atoms with van der Waals surface area (Å²) in [7, 11) is 3.21. The van der Waals surface area contributed by atoms with Gasteiger partial charge in [-0.2, -0.15) is 0 Å². The second kappa shape index (κ2) is 9.91. The smallest absolute Gasteiger partial charge is 0.225 e. The molecule has 0 unspecified atom stereocenters. The Labute approximate surface area is 153 Å². The van der Waals surface area contributed by atoms with E-state index in [0.717, 1.165) is 18.7 Å². The Morgan fingerprint density at radius 3 is 2.68 bits per heavy atom. The Morgan fingerprint density at radius 1 is 1.08 bits per heavy atom. The molecule has 0 heterocycles. The van der Waals surface area contributed by atoms with Crippen LogP contribution in [-0.4, -0.2) is 33.2 Å². The van der Waals surface area contributed by atoms with E-state index in [2.05, 4.69) is 16.7 Å². The summed E-state index contributed by atoms with van der Waals surface area (Å²) < 4.78 is 10.4. The number of carbonyl (C=O) groups excluding carboxylic acids is 1. The van der Waals surface area contributed by atoms with E-state index in [4.69, 9.17) is 21.1 Å². The summed E-state index contributed by atoms with van der Waals surface area (Å²) >= 11 is 5.95. The van der Waals surface area contributed by atoms with Gasteiger partial charge in [-0.1, -0.05) is 23.7 Å². The molecule has 0 fully saturated rings. The van der Waals surface area contributed by atoms with E-state index in [0.29, 0.717) is 29.4 Å². The first-order valence-electron chi connectivity index (χ1n) is 8.09. The van der Waals surface area contributed by atoms with Crippen molar-refractivity contribution in [2.45, 2.75) is 12.8 Å². The number of rotatable bonds is 9. The summed E-state index contributed by atoms with van der Waals surface area (Å²) in [5.74, 6) is 1.35. The first-order valence-corrected chi connectivity index (χ1v) is 8.47. The molecule has 0 aliphatic rings. The Hall–Kier alpha value is -2.24. The first kappa shape index (κ1) is 19.1. The highest BCUT2D eigenvalue weighted by molar-refractivity contribution is 6.31. The zero-order valence-corrected chi connectivity index (χ0v) is 15.2. The van der Waals surface area contributed by atoms with Gasteiger partial charge in [0, 0.05) is 18.0 Å². The van der Waals surface area contributed by atoms with Crippen molar-refractivity contribution in [3.8, 4) is 11.5 Å². The standard InChI is InChI=1S/C19H23ClN2O3/c1-24-16-5-3-4-14(12-16)8-10-21-11-9-19(23)22-17-13-15(20)6-7-18(17)25-2/h3-7,12-13,21H,8-11H2,1-2H3,(H,22,23). The molecule has 6 heteroatoms. The fourth-order valence-electron chi connectivity index (χ4n) is 2.38. The van der Waals surface area contributed by atoms with E-state index >= 15 is 0 Å². The number of methoxy groups -OCH3 is 2. The van der Waals surface area contributed by atoms with Crippen LogP contribution in [0.25, 0.3) is 0 Å². The van der Waals surface area contributed by atoms with Gasteiger partial charge in [0.05, 0.1) is 19.9 Å². The molecule has 2 aromatic rings. The highest BCUT2D eigenvalue weighted by Crippen LogP contribution is 2.27. The van der Waals surface area contributed by atoms with E-state index in [1.807, 2.05) is 18.2 Å². The number of ether oxygens (including phenoxy) is 2. The number of benzene rings is 2. The van der Waals surface area contributed by atoms with Crippen molar-refractivity contribution in [2.24, 2.45) is 0 Å². The maximum Gasteiger partial charge on any atom is 0.225 e. The van der Waals surface area contributed by atoms with Gasteiger partial charge in [0.15, 0.2) is 0 Å². The van der Waals surface area contributed by atoms with E-state index in [9.17, 15) is 4.79 Å². The monoisotopic (exact) mass is 362 g/mol. The fourth-order valence-corrected chi connectivity index (χ4v) is 2.55. The van der Waals surface area contributed by atoms with Gasteiger partial charge >= 0.3 is 0 Å². The van der Waals surface area contributed by atoms with Gasteiger partial charge in [-0.15, -0.1) is 0 Å². The highest BCUT2D eigenvalue weighted by Gasteiger charge is 2.08. The number of nitrogens with one attached hydrogen (secondary N) is 2. The van der Waals surface area contributed by atoms with Crippen molar-refractivity contribution >= 4 is 23.2 Å². The summed E-state index contributed by atoms with van der Waals surface area (Å²) in [4.78, 5) is 12.0. The lowest BCUT2D eigenvalue weighted by atomic mass is 10.1. The SMILES string of the molecule is COc1cccc(CCNCCC(=O)Nc2cc(Cl)ccc2OC)c1. The number of hydrogen-bond acceptors (Lipinski definition) is 4. The Kier molecular flexibility index (Phi) is 7.57. The van der Waals surface area contributed by atoms with Gasteiger partial charge in [0.25, 0.3) is 0 Å². The lowest BCUT2D eigenvalue weighted by Crippen LogP contribution is -2.23. The quantitative estimate of drug-likeness (QED) is 0.670. The van der Waals surface area contributed by atoms with Crippen LogP contribution < -0.4 is 20.1 Å². The molecule has 5 nitrogen and oxygen atoms in total. The number of carbonyl (C=O) groups is 1.